The van der Waals surface area contributed by atoms with Crippen LogP contribution >= 0.6 is 0 Å². The average molecular weight is 274 g/mol. The van der Waals surface area contributed by atoms with Gasteiger partial charge in [0.25, 0.3) is 0 Å². The van der Waals surface area contributed by atoms with Crippen LogP contribution < -0.4 is 10.0 Å². The highest BCUT2D eigenvalue weighted by Gasteiger charge is 2.37. The molecule has 100 valence electrons. The standard InChI is InChI=1S/C9H14N4O4S/c10-18(16,17)8-3-9(15)13(6-8)7-4-11-12(5-7)1-2-14/h4-5,8,14H,1-3,6H2,(H2,10,16,17). The fourth-order valence-corrected chi connectivity index (χ4v) is 2.59. The van der Waals surface area contributed by atoms with Crippen LogP contribution in [0.3, 0.4) is 0 Å². The molecule has 0 saturated carbocycles. The van der Waals surface area contributed by atoms with Crippen molar-refractivity contribution >= 4 is 21.6 Å². The van der Waals surface area contributed by atoms with Crippen molar-refractivity contribution in [3.63, 3.8) is 0 Å². The molecule has 2 heterocycles. The molecule has 0 aliphatic carbocycles. The lowest BCUT2D eigenvalue weighted by molar-refractivity contribution is -0.117. The summed E-state index contributed by atoms with van der Waals surface area (Å²) in [7, 11) is -3.71. The van der Waals surface area contributed by atoms with Gasteiger partial charge in [0, 0.05) is 19.2 Å². The molecule has 2 rings (SSSR count). The lowest BCUT2D eigenvalue weighted by atomic mass is 10.4. The predicted octanol–water partition coefficient (Wildman–Crippen LogP) is -1.73. The lowest BCUT2D eigenvalue weighted by Crippen LogP contribution is -2.32. The first-order valence-electron chi connectivity index (χ1n) is 5.37. The van der Waals surface area contributed by atoms with E-state index in [1.54, 1.807) is 6.20 Å². The van der Waals surface area contributed by atoms with Crippen LogP contribution in [0.2, 0.25) is 0 Å². The van der Waals surface area contributed by atoms with E-state index in [9.17, 15) is 13.2 Å². The molecule has 1 aliphatic rings. The average Bonchev–Trinajstić information content (AvgIpc) is 2.84. The molecule has 0 aromatic carbocycles. The highest BCUT2D eigenvalue weighted by atomic mass is 32.2. The Balaban J connectivity index is 2.16. The molecule has 1 atom stereocenters. The minimum absolute atomic E-state index is 0.0441. The van der Waals surface area contributed by atoms with Gasteiger partial charge in [-0.05, 0) is 0 Å². The van der Waals surface area contributed by atoms with Gasteiger partial charge in [-0.2, -0.15) is 5.10 Å². The molecule has 0 radical (unpaired) electrons. The van der Waals surface area contributed by atoms with Gasteiger partial charge in [0.05, 0.1) is 25.0 Å². The van der Waals surface area contributed by atoms with Crippen LogP contribution in [0, 0.1) is 0 Å². The zero-order valence-electron chi connectivity index (χ0n) is 9.56. The van der Waals surface area contributed by atoms with E-state index in [-0.39, 0.29) is 25.5 Å². The van der Waals surface area contributed by atoms with Crippen molar-refractivity contribution in [1.82, 2.24) is 9.78 Å². The second-order valence-electron chi connectivity index (χ2n) is 4.10. The summed E-state index contributed by atoms with van der Waals surface area (Å²) in [5, 5.41) is 16.9. The molecule has 1 aromatic heterocycles. The van der Waals surface area contributed by atoms with Crippen molar-refractivity contribution in [2.45, 2.75) is 18.2 Å². The largest absolute Gasteiger partial charge is 0.394 e. The van der Waals surface area contributed by atoms with Gasteiger partial charge in [0.2, 0.25) is 15.9 Å². The SMILES string of the molecule is NS(=O)(=O)C1CC(=O)N(c2cnn(CCO)c2)C1. The van der Waals surface area contributed by atoms with Gasteiger partial charge in [-0.1, -0.05) is 0 Å². The van der Waals surface area contributed by atoms with Crippen LogP contribution in [0.5, 0.6) is 0 Å². The highest BCUT2D eigenvalue weighted by molar-refractivity contribution is 7.89. The number of carbonyl (C=O) groups excluding carboxylic acids is 1. The number of nitrogens with zero attached hydrogens (tertiary/aromatic N) is 3. The number of aromatic nitrogens is 2. The summed E-state index contributed by atoms with van der Waals surface area (Å²) >= 11 is 0. The molecule has 1 unspecified atom stereocenters. The topological polar surface area (TPSA) is 119 Å². The van der Waals surface area contributed by atoms with Crippen LogP contribution in [0.15, 0.2) is 12.4 Å². The second-order valence-corrected chi connectivity index (χ2v) is 5.95. The van der Waals surface area contributed by atoms with Gasteiger partial charge in [-0.25, -0.2) is 13.6 Å². The van der Waals surface area contributed by atoms with Crippen molar-refractivity contribution in [2.75, 3.05) is 18.1 Å². The van der Waals surface area contributed by atoms with E-state index in [0.29, 0.717) is 12.2 Å². The molecule has 1 aromatic rings. The van der Waals surface area contributed by atoms with E-state index in [2.05, 4.69) is 5.10 Å². The molecule has 1 saturated heterocycles. The molecule has 8 nitrogen and oxygen atoms in total. The zero-order chi connectivity index (χ0) is 13.3. The molecule has 18 heavy (non-hydrogen) atoms. The molecule has 0 bridgehead atoms. The number of nitrogens with two attached hydrogens (primary N) is 1. The molecule has 1 amide bonds. The Bertz CT molecular complexity index is 553. The van der Waals surface area contributed by atoms with E-state index in [4.69, 9.17) is 10.2 Å². The van der Waals surface area contributed by atoms with E-state index < -0.39 is 15.3 Å². The first-order valence-corrected chi connectivity index (χ1v) is 6.98. The quantitative estimate of drug-likeness (QED) is 0.676. The summed E-state index contributed by atoms with van der Waals surface area (Å²) in [5.74, 6) is -0.294. The van der Waals surface area contributed by atoms with Crippen LogP contribution in [0.1, 0.15) is 6.42 Å². The van der Waals surface area contributed by atoms with Gasteiger partial charge >= 0.3 is 0 Å². The first-order chi connectivity index (χ1) is 8.41. The Labute approximate surface area is 104 Å². The summed E-state index contributed by atoms with van der Waals surface area (Å²) in [6, 6.07) is 0. The van der Waals surface area contributed by atoms with Crippen molar-refractivity contribution in [3.05, 3.63) is 12.4 Å². The number of aliphatic hydroxyl groups excluding tert-OH is 1. The van der Waals surface area contributed by atoms with Gasteiger partial charge in [0.15, 0.2) is 0 Å². The van der Waals surface area contributed by atoms with Crippen molar-refractivity contribution in [3.8, 4) is 0 Å². The monoisotopic (exact) mass is 274 g/mol. The van der Waals surface area contributed by atoms with Crippen molar-refractivity contribution in [2.24, 2.45) is 5.14 Å². The molecule has 1 aliphatic heterocycles. The fraction of sp³-hybridized carbons (Fsp3) is 0.556. The van der Waals surface area contributed by atoms with Gasteiger partial charge in [-0.3, -0.25) is 9.48 Å². The molecule has 1 fully saturated rings. The summed E-state index contributed by atoms with van der Waals surface area (Å²) in [4.78, 5) is 13.1. The summed E-state index contributed by atoms with van der Waals surface area (Å²) < 4.78 is 23.9. The molecule has 0 spiro atoms. The van der Waals surface area contributed by atoms with E-state index >= 15 is 0 Å². The molecular weight excluding hydrogens is 260 g/mol. The predicted molar refractivity (Wildman–Crippen MR) is 63.2 cm³/mol. The maximum atomic E-state index is 11.7. The van der Waals surface area contributed by atoms with Crippen molar-refractivity contribution in [1.29, 1.82) is 0 Å². The van der Waals surface area contributed by atoms with Crippen LogP contribution in [-0.2, 0) is 21.4 Å². The number of hydrogen-bond acceptors (Lipinski definition) is 5. The minimum Gasteiger partial charge on any atom is -0.394 e. The molecule has 3 N–H and O–H groups in total. The first kappa shape index (κ1) is 13.0. The maximum absolute atomic E-state index is 11.7. The number of hydrogen-bond donors (Lipinski definition) is 2. The zero-order valence-corrected chi connectivity index (χ0v) is 10.4. The number of amides is 1. The third-order valence-electron chi connectivity index (χ3n) is 2.81. The Morgan fingerprint density at radius 1 is 1.56 bits per heavy atom. The summed E-state index contributed by atoms with van der Waals surface area (Å²) in [6.07, 6.45) is 2.93. The third kappa shape index (κ3) is 2.52. The van der Waals surface area contributed by atoms with E-state index in [1.807, 2.05) is 0 Å². The van der Waals surface area contributed by atoms with Gasteiger partial charge in [-0.15, -0.1) is 0 Å². The highest BCUT2D eigenvalue weighted by Crippen LogP contribution is 2.23. The Morgan fingerprint density at radius 2 is 2.28 bits per heavy atom. The van der Waals surface area contributed by atoms with Gasteiger partial charge in [0.1, 0.15) is 5.25 Å². The van der Waals surface area contributed by atoms with E-state index in [1.165, 1.54) is 15.8 Å². The molecular formula is C9H14N4O4S. The normalized spacial score (nSPS) is 20.7. The number of carbonyl (C=O) groups is 1. The summed E-state index contributed by atoms with van der Waals surface area (Å²) in [6.45, 7) is 0.304. The van der Waals surface area contributed by atoms with Crippen molar-refractivity contribution < 1.29 is 18.3 Å². The minimum atomic E-state index is -3.71. The third-order valence-corrected chi connectivity index (χ3v) is 4.06. The van der Waals surface area contributed by atoms with E-state index in [0.717, 1.165) is 0 Å². The smallest absolute Gasteiger partial charge is 0.228 e. The number of sulfonamides is 1. The number of aliphatic hydroxyl groups is 1. The van der Waals surface area contributed by atoms with Crippen LogP contribution in [-0.4, -0.2) is 47.6 Å². The van der Waals surface area contributed by atoms with Crippen LogP contribution in [0.25, 0.3) is 0 Å². The Morgan fingerprint density at radius 3 is 2.83 bits per heavy atom. The summed E-state index contributed by atoms with van der Waals surface area (Å²) in [5.41, 5.74) is 0.514. The fourth-order valence-electron chi connectivity index (χ4n) is 1.86. The number of rotatable bonds is 4. The molecule has 9 heteroatoms. The number of primary sulfonamides is 1. The second kappa shape index (κ2) is 4.67. The maximum Gasteiger partial charge on any atom is 0.228 e. The Hall–Kier alpha value is -1.45. The number of anilines is 1. The Kier molecular flexibility index (Phi) is 3.37. The van der Waals surface area contributed by atoms with Crippen LogP contribution in [0.4, 0.5) is 5.69 Å². The van der Waals surface area contributed by atoms with Gasteiger partial charge < -0.3 is 10.0 Å². The lowest BCUT2D eigenvalue weighted by Gasteiger charge is -2.13.